The maximum atomic E-state index is 11.0. The Bertz CT molecular complexity index is 282. The molecule has 18 heavy (non-hydrogen) atoms. The standard InChI is InChI=1S/C8H15NO4.C4H9N/c1-5(6(10)11)9-7(12)13-8(2,3)4;1-5-4-2-3-4/h5H,1-4H3,(H,9,12)(H,10,11);4-5H,2-3H2,1H3/t5-;/m1./s1. The quantitative estimate of drug-likeness (QED) is 0.713. The third-order valence-electron chi connectivity index (χ3n) is 2.09. The van der Waals surface area contributed by atoms with E-state index in [1.165, 1.54) is 19.8 Å². The van der Waals surface area contributed by atoms with E-state index >= 15 is 0 Å². The highest BCUT2D eigenvalue weighted by atomic mass is 16.6. The van der Waals surface area contributed by atoms with Crippen LogP contribution in [0.1, 0.15) is 40.5 Å². The lowest BCUT2D eigenvalue weighted by atomic mass is 10.2. The van der Waals surface area contributed by atoms with Gasteiger partial charge in [-0.2, -0.15) is 0 Å². The van der Waals surface area contributed by atoms with Crippen LogP contribution < -0.4 is 10.6 Å². The van der Waals surface area contributed by atoms with Gasteiger partial charge in [-0.15, -0.1) is 0 Å². The Morgan fingerprint density at radius 1 is 1.33 bits per heavy atom. The van der Waals surface area contributed by atoms with E-state index in [1.807, 2.05) is 7.05 Å². The lowest BCUT2D eigenvalue weighted by Gasteiger charge is -2.20. The summed E-state index contributed by atoms with van der Waals surface area (Å²) in [6, 6.07) is -0.0511. The summed E-state index contributed by atoms with van der Waals surface area (Å²) in [6.45, 7) is 6.49. The van der Waals surface area contributed by atoms with Crippen LogP contribution in [0.3, 0.4) is 0 Å². The lowest BCUT2D eigenvalue weighted by Crippen LogP contribution is -2.41. The second-order valence-electron chi connectivity index (χ2n) is 5.27. The number of carbonyl (C=O) groups excluding carboxylic acids is 1. The van der Waals surface area contributed by atoms with E-state index in [9.17, 15) is 9.59 Å². The minimum absolute atomic E-state index is 0.609. The summed E-state index contributed by atoms with van der Waals surface area (Å²) in [5, 5.41) is 13.8. The van der Waals surface area contributed by atoms with Gasteiger partial charge in [0, 0.05) is 6.04 Å². The number of alkyl carbamates (subject to hydrolysis) is 1. The van der Waals surface area contributed by atoms with Crippen LogP contribution in [0.5, 0.6) is 0 Å². The minimum Gasteiger partial charge on any atom is -0.480 e. The fourth-order valence-corrected chi connectivity index (χ4v) is 0.918. The molecule has 1 fully saturated rings. The van der Waals surface area contributed by atoms with Gasteiger partial charge in [-0.05, 0) is 47.6 Å². The normalized spacial score (nSPS) is 16.1. The molecule has 106 valence electrons. The van der Waals surface area contributed by atoms with Gasteiger partial charge in [0.1, 0.15) is 11.6 Å². The average molecular weight is 260 g/mol. The monoisotopic (exact) mass is 260 g/mol. The molecule has 1 saturated carbocycles. The smallest absolute Gasteiger partial charge is 0.408 e. The Hall–Kier alpha value is -1.30. The fourth-order valence-electron chi connectivity index (χ4n) is 0.918. The number of aliphatic carboxylic acids is 1. The van der Waals surface area contributed by atoms with Gasteiger partial charge in [0.05, 0.1) is 0 Å². The van der Waals surface area contributed by atoms with Crippen LogP contribution in [0.4, 0.5) is 4.79 Å². The molecule has 0 aromatic rings. The number of nitrogens with one attached hydrogen (secondary N) is 2. The summed E-state index contributed by atoms with van der Waals surface area (Å²) in [4.78, 5) is 21.3. The summed E-state index contributed by atoms with van der Waals surface area (Å²) in [7, 11) is 2.01. The minimum atomic E-state index is -1.09. The van der Waals surface area contributed by atoms with Gasteiger partial charge in [0.2, 0.25) is 0 Å². The SMILES string of the molecule is CNC1CC1.C[C@@H](NC(=O)OC(C)(C)C)C(=O)O. The van der Waals surface area contributed by atoms with Crippen LogP contribution in [-0.2, 0) is 9.53 Å². The van der Waals surface area contributed by atoms with Gasteiger partial charge in [0.15, 0.2) is 0 Å². The van der Waals surface area contributed by atoms with Crippen molar-refractivity contribution in [2.75, 3.05) is 7.05 Å². The molecule has 1 aliphatic carbocycles. The molecule has 0 unspecified atom stereocenters. The third-order valence-corrected chi connectivity index (χ3v) is 2.09. The van der Waals surface area contributed by atoms with Gasteiger partial charge in [-0.1, -0.05) is 0 Å². The summed E-state index contributed by atoms with van der Waals surface area (Å²) < 4.78 is 4.85. The molecule has 6 heteroatoms. The Balaban J connectivity index is 0.000000473. The molecule has 1 rings (SSSR count). The Labute approximate surface area is 108 Å². The fraction of sp³-hybridized carbons (Fsp3) is 0.833. The Kier molecular flexibility index (Phi) is 6.68. The van der Waals surface area contributed by atoms with E-state index < -0.39 is 23.7 Å². The molecule has 0 heterocycles. The van der Waals surface area contributed by atoms with Crippen molar-refractivity contribution >= 4 is 12.1 Å². The maximum absolute atomic E-state index is 11.0. The topological polar surface area (TPSA) is 87.7 Å². The maximum Gasteiger partial charge on any atom is 0.408 e. The Morgan fingerprint density at radius 3 is 2.06 bits per heavy atom. The van der Waals surface area contributed by atoms with E-state index in [2.05, 4.69) is 10.6 Å². The second-order valence-corrected chi connectivity index (χ2v) is 5.27. The van der Waals surface area contributed by atoms with Gasteiger partial charge < -0.3 is 20.5 Å². The molecule has 1 atom stereocenters. The summed E-state index contributed by atoms with van der Waals surface area (Å²) in [5.74, 6) is -1.09. The molecule has 1 amide bonds. The molecule has 0 aromatic carbocycles. The average Bonchev–Trinajstić information content (AvgIpc) is 2.97. The summed E-state index contributed by atoms with van der Waals surface area (Å²) in [6.07, 6.45) is 2.08. The summed E-state index contributed by atoms with van der Waals surface area (Å²) in [5.41, 5.74) is -0.609. The van der Waals surface area contributed by atoms with Crippen LogP contribution in [0.25, 0.3) is 0 Å². The van der Waals surface area contributed by atoms with Crippen LogP contribution in [-0.4, -0.2) is 41.9 Å². The zero-order valence-corrected chi connectivity index (χ0v) is 11.7. The second kappa shape index (κ2) is 7.20. The first-order valence-corrected chi connectivity index (χ1v) is 6.05. The van der Waals surface area contributed by atoms with E-state index in [0.717, 1.165) is 6.04 Å². The zero-order chi connectivity index (χ0) is 14.3. The van der Waals surface area contributed by atoms with Crippen molar-refractivity contribution in [3.63, 3.8) is 0 Å². The molecule has 0 aliphatic heterocycles. The first-order chi connectivity index (χ1) is 8.15. The molecule has 1 aliphatic rings. The van der Waals surface area contributed by atoms with E-state index in [4.69, 9.17) is 9.84 Å². The van der Waals surface area contributed by atoms with Gasteiger partial charge >= 0.3 is 12.1 Å². The van der Waals surface area contributed by atoms with Crippen molar-refractivity contribution < 1.29 is 19.4 Å². The van der Waals surface area contributed by atoms with Crippen molar-refractivity contribution in [2.24, 2.45) is 0 Å². The molecule has 0 spiro atoms. The van der Waals surface area contributed by atoms with Crippen molar-refractivity contribution in [1.29, 1.82) is 0 Å². The number of hydrogen-bond acceptors (Lipinski definition) is 4. The molecule has 0 radical (unpaired) electrons. The first-order valence-electron chi connectivity index (χ1n) is 6.05. The number of carboxylic acids is 1. The molecular weight excluding hydrogens is 236 g/mol. The first kappa shape index (κ1) is 16.7. The van der Waals surface area contributed by atoms with Crippen molar-refractivity contribution in [2.45, 2.75) is 58.2 Å². The molecule has 6 nitrogen and oxygen atoms in total. The zero-order valence-electron chi connectivity index (χ0n) is 11.7. The highest BCUT2D eigenvalue weighted by Gasteiger charge is 2.20. The van der Waals surface area contributed by atoms with Gasteiger partial charge in [-0.3, -0.25) is 4.79 Å². The van der Waals surface area contributed by atoms with Crippen molar-refractivity contribution in [1.82, 2.24) is 10.6 Å². The number of amides is 1. The molecular formula is C12H24N2O4. The Morgan fingerprint density at radius 2 is 1.83 bits per heavy atom. The lowest BCUT2D eigenvalue weighted by molar-refractivity contribution is -0.139. The molecule has 0 saturated heterocycles. The highest BCUT2D eigenvalue weighted by molar-refractivity contribution is 5.79. The predicted octanol–water partition coefficient (Wildman–Crippen LogP) is 1.35. The van der Waals surface area contributed by atoms with Crippen LogP contribution in [0.2, 0.25) is 0 Å². The number of carboxylic acid groups (broad SMARTS) is 1. The van der Waals surface area contributed by atoms with Gasteiger partial charge in [0.25, 0.3) is 0 Å². The van der Waals surface area contributed by atoms with Crippen LogP contribution in [0.15, 0.2) is 0 Å². The highest BCUT2D eigenvalue weighted by Crippen LogP contribution is 2.17. The largest absolute Gasteiger partial charge is 0.480 e. The summed E-state index contributed by atoms with van der Waals surface area (Å²) >= 11 is 0. The molecule has 0 aromatic heterocycles. The van der Waals surface area contributed by atoms with E-state index in [0.29, 0.717) is 0 Å². The molecule has 0 bridgehead atoms. The van der Waals surface area contributed by atoms with Crippen LogP contribution >= 0.6 is 0 Å². The van der Waals surface area contributed by atoms with Crippen molar-refractivity contribution in [3.8, 4) is 0 Å². The van der Waals surface area contributed by atoms with E-state index in [-0.39, 0.29) is 0 Å². The van der Waals surface area contributed by atoms with E-state index in [1.54, 1.807) is 20.8 Å². The third kappa shape index (κ3) is 9.89. The van der Waals surface area contributed by atoms with Crippen molar-refractivity contribution in [3.05, 3.63) is 0 Å². The predicted molar refractivity (Wildman–Crippen MR) is 68.5 cm³/mol. The van der Waals surface area contributed by atoms with Gasteiger partial charge in [-0.25, -0.2) is 4.79 Å². The number of carbonyl (C=O) groups is 2. The van der Waals surface area contributed by atoms with Crippen LogP contribution in [0, 0.1) is 0 Å². The number of hydrogen-bond donors (Lipinski definition) is 3. The number of rotatable bonds is 3. The number of ether oxygens (including phenoxy) is 1. The molecule has 3 N–H and O–H groups in total.